The van der Waals surface area contributed by atoms with Gasteiger partial charge in [0.25, 0.3) is 0 Å². The van der Waals surface area contributed by atoms with E-state index in [0.717, 1.165) is 19.5 Å². The second-order valence-corrected chi connectivity index (χ2v) is 4.18. The predicted molar refractivity (Wildman–Crippen MR) is 62.9 cm³/mol. The second-order valence-electron chi connectivity index (χ2n) is 4.18. The molecule has 1 aliphatic rings. The summed E-state index contributed by atoms with van der Waals surface area (Å²) in [6.45, 7) is 2.66. The van der Waals surface area contributed by atoms with Crippen molar-refractivity contribution in [2.45, 2.75) is 25.4 Å². The number of benzene rings is 1. The number of carbonyl (C=O) groups excluding carboxylic acids is 1. The van der Waals surface area contributed by atoms with Crippen LogP contribution in [-0.4, -0.2) is 30.1 Å². The van der Waals surface area contributed by atoms with Crippen LogP contribution in [0.25, 0.3) is 0 Å². The van der Waals surface area contributed by atoms with Gasteiger partial charge in [0.2, 0.25) is 6.08 Å². The van der Waals surface area contributed by atoms with Gasteiger partial charge in [0.15, 0.2) is 0 Å². The molecule has 0 aromatic heterocycles. The van der Waals surface area contributed by atoms with E-state index in [0.29, 0.717) is 12.6 Å². The number of hydrogen-bond acceptors (Lipinski definition) is 3. The lowest BCUT2D eigenvalue weighted by atomic mass is 10.2. The summed E-state index contributed by atoms with van der Waals surface area (Å²) in [5, 5.41) is 0. The number of likely N-dealkylation sites (tertiary alicyclic amines) is 1. The summed E-state index contributed by atoms with van der Waals surface area (Å²) in [5.74, 6) is 0. The summed E-state index contributed by atoms with van der Waals surface area (Å²) in [5.41, 5.74) is 1.32. The lowest BCUT2D eigenvalue weighted by molar-refractivity contribution is 0.250. The van der Waals surface area contributed by atoms with Gasteiger partial charge in [-0.25, -0.2) is 9.79 Å². The fourth-order valence-electron chi connectivity index (χ4n) is 2.27. The first-order valence-electron chi connectivity index (χ1n) is 5.72. The Bertz CT molecular complexity index is 371. The molecule has 1 aromatic carbocycles. The monoisotopic (exact) mass is 216 g/mol. The lowest BCUT2D eigenvalue weighted by Crippen LogP contribution is -2.31. The lowest BCUT2D eigenvalue weighted by Gasteiger charge is -2.22. The van der Waals surface area contributed by atoms with Crippen LogP contribution >= 0.6 is 0 Å². The Morgan fingerprint density at radius 1 is 1.38 bits per heavy atom. The molecule has 1 fully saturated rings. The molecule has 1 aromatic rings. The van der Waals surface area contributed by atoms with Gasteiger partial charge in [-0.1, -0.05) is 30.3 Å². The highest BCUT2D eigenvalue weighted by atomic mass is 16.1. The van der Waals surface area contributed by atoms with E-state index in [-0.39, 0.29) is 0 Å². The van der Waals surface area contributed by atoms with E-state index < -0.39 is 0 Å². The normalized spacial score (nSPS) is 20.6. The predicted octanol–water partition coefficient (Wildman–Crippen LogP) is 1.99. The molecule has 1 unspecified atom stereocenters. The SMILES string of the molecule is O=C=NCC1CCCN1Cc1ccccc1. The zero-order valence-corrected chi connectivity index (χ0v) is 9.30. The number of rotatable bonds is 4. The molecule has 0 saturated carbocycles. The van der Waals surface area contributed by atoms with Gasteiger partial charge in [-0.05, 0) is 24.9 Å². The summed E-state index contributed by atoms with van der Waals surface area (Å²) >= 11 is 0. The van der Waals surface area contributed by atoms with Crippen molar-refractivity contribution in [2.24, 2.45) is 4.99 Å². The summed E-state index contributed by atoms with van der Waals surface area (Å²) in [6.07, 6.45) is 3.96. The first kappa shape index (κ1) is 11.1. The van der Waals surface area contributed by atoms with E-state index in [9.17, 15) is 4.79 Å². The maximum Gasteiger partial charge on any atom is 0.234 e. The Morgan fingerprint density at radius 3 is 2.94 bits per heavy atom. The van der Waals surface area contributed by atoms with Crippen LogP contribution in [0.3, 0.4) is 0 Å². The van der Waals surface area contributed by atoms with Crippen molar-refractivity contribution in [1.82, 2.24) is 4.90 Å². The smallest absolute Gasteiger partial charge is 0.234 e. The minimum atomic E-state index is 0.418. The number of hydrogen-bond donors (Lipinski definition) is 0. The molecule has 1 heterocycles. The van der Waals surface area contributed by atoms with Crippen molar-refractivity contribution in [3.8, 4) is 0 Å². The molecule has 3 nitrogen and oxygen atoms in total. The number of isocyanates is 1. The molecule has 0 radical (unpaired) electrons. The van der Waals surface area contributed by atoms with Crippen LogP contribution in [0, 0.1) is 0 Å². The fraction of sp³-hybridized carbons (Fsp3) is 0.462. The maximum absolute atomic E-state index is 10.1. The van der Waals surface area contributed by atoms with E-state index in [1.807, 2.05) is 6.07 Å². The van der Waals surface area contributed by atoms with Crippen molar-refractivity contribution in [2.75, 3.05) is 13.1 Å². The van der Waals surface area contributed by atoms with Crippen LogP contribution in [0.15, 0.2) is 35.3 Å². The number of nitrogens with zero attached hydrogens (tertiary/aromatic N) is 2. The van der Waals surface area contributed by atoms with Gasteiger partial charge >= 0.3 is 0 Å². The minimum Gasteiger partial charge on any atom is -0.294 e. The van der Waals surface area contributed by atoms with Gasteiger partial charge in [0.05, 0.1) is 6.54 Å². The molecule has 0 aliphatic carbocycles. The molecule has 2 rings (SSSR count). The highest BCUT2D eigenvalue weighted by Gasteiger charge is 2.23. The van der Waals surface area contributed by atoms with E-state index in [1.54, 1.807) is 6.08 Å². The first-order valence-corrected chi connectivity index (χ1v) is 5.72. The molecule has 16 heavy (non-hydrogen) atoms. The van der Waals surface area contributed by atoms with Crippen molar-refractivity contribution >= 4 is 6.08 Å². The average molecular weight is 216 g/mol. The summed E-state index contributed by atoms with van der Waals surface area (Å²) in [4.78, 5) is 16.2. The van der Waals surface area contributed by atoms with E-state index in [2.05, 4.69) is 34.2 Å². The Hall–Kier alpha value is -1.44. The van der Waals surface area contributed by atoms with Gasteiger partial charge in [-0.2, -0.15) is 0 Å². The van der Waals surface area contributed by atoms with Gasteiger partial charge in [0.1, 0.15) is 0 Å². The third-order valence-electron chi connectivity index (χ3n) is 3.09. The molecule has 1 atom stereocenters. The molecule has 3 heteroatoms. The Kier molecular flexibility index (Phi) is 3.86. The molecule has 0 bridgehead atoms. The molecular formula is C13H16N2O. The van der Waals surface area contributed by atoms with Crippen LogP contribution in [-0.2, 0) is 11.3 Å². The second kappa shape index (κ2) is 5.59. The van der Waals surface area contributed by atoms with E-state index >= 15 is 0 Å². The molecule has 0 amide bonds. The molecule has 0 N–H and O–H groups in total. The molecular weight excluding hydrogens is 200 g/mol. The Labute approximate surface area is 95.8 Å². The zero-order valence-electron chi connectivity index (χ0n) is 9.30. The highest BCUT2D eigenvalue weighted by molar-refractivity contribution is 5.33. The van der Waals surface area contributed by atoms with E-state index in [4.69, 9.17) is 0 Å². The maximum atomic E-state index is 10.1. The zero-order chi connectivity index (χ0) is 11.2. The van der Waals surface area contributed by atoms with Crippen LogP contribution in [0.1, 0.15) is 18.4 Å². The molecule has 1 saturated heterocycles. The van der Waals surface area contributed by atoms with Crippen LogP contribution in [0.2, 0.25) is 0 Å². The summed E-state index contributed by atoms with van der Waals surface area (Å²) < 4.78 is 0. The minimum absolute atomic E-state index is 0.418. The third-order valence-corrected chi connectivity index (χ3v) is 3.09. The molecule has 84 valence electrons. The quantitative estimate of drug-likeness (QED) is 0.569. The van der Waals surface area contributed by atoms with Gasteiger partial charge in [-0.15, -0.1) is 0 Å². The first-order chi connectivity index (χ1) is 7.90. The third kappa shape index (κ3) is 2.78. The van der Waals surface area contributed by atoms with Crippen molar-refractivity contribution in [3.63, 3.8) is 0 Å². The van der Waals surface area contributed by atoms with Crippen LogP contribution < -0.4 is 0 Å². The van der Waals surface area contributed by atoms with Crippen LogP contribution in [0.4, 0.5) is 0 Å². The van der Waals surface area contributed by atoms with Crippen molar-refractivity contribution in [3.05, 3.63) is 35.9 Å². The van der Waals surface area contributed by atoms with E-state index in [1.165, 1.54) is 12.0 Å². The van der Waals surface area contributed by atoms with Gasteiger partial charge in [-0.3, -0.25) is 4.90 Å². The fourth-order valence-corrected chi connectivity index (χ4v) is 2.27. The number of aliphatic imine (C=N–C) groups is 1. The van der Waals surface area contributed by atoms with Crippen LogP contribution in [0.5, 0.6) is 0 Å². The van der Waals surface area contributed by atoms with Crippen molar-refractivity contribution < 1.29 is 4.79 Å². The van der Waals surface area contributed by atoms with Gasteiger partial charge < -0.3 is 0 Å². The topological polar surface area (TPSA) is 32.7 Å². The van der Waals surface area contributed by atoms with Gasteiger partial charge in [0, 0.05) is 12.6 Å². The molecule has 1 aliphatic heterocycles. The van der Waals surface area contributed by atoms with Crippen molar-refractivity contribution in [1.29, 1.82) is 0 Å². The summed E-state index contributed by atoms with van der Waals surface area (Å²) in [7, 11) is 0. The Balaban J connectivity index is 1.95. The average Bonchev–Trinajstić information content (AvgIpc) is 2.75. The standard InChI is InChI=1S/C13H16N2O/c16-11-14-9-13-7-4-8-15(13)10-12-5-2-1-3-6-12/h1-3,5-6,13H,4,7-10H2. The molecule has 0 spiro atoms. The largest absolute Gasteiger partial charge is 0.294 e. The Morgan fingerprint density at radius 2 is 2.19 bits per heavy atom. The summed E-state index contributed by atoms with van der Waals surface area (Å²) in [6, 6.07) is 10.8. The highest BCUT2D eigenvalue weighted by Crippen LogP contribution is 2.20.